The Hall–Kier alpha value is -3.26. The third-order valence-corrected chi connectivity index (χ3v) is 6.22. The van der Waals surface area contributed by atoms with Crippen molar-refractivity contribution in [3.63, 3.8) is 0 Å². The van der Waals surface area contributed by atoms with Gasteiger partial charge in [-0.15, -0.1) is 0 Å². The van der Waals surface area contributed by atoms with Gasteiger partial charge in [0.2, 0.25) is 9.84 Å². The van der Waals surface area contributed by atoms with Crippen molar-refractivity contribution in [2.45, 2.75) is 23.6 Å². The Labute approximate surface area is 173 Å². The van der Waals surface area contributed by atoms with Crippen molar-refractivity contribution in [1.29, 1.82) is 0 Å². The van der Waals surface area contributed by atoms with Gasteiger partial charge in [0.15, 0.2) is 5.82 Å². The van der Waals surface area contributed by atoms with Crippen LogP contribution in [0.5, 0.6) is 5.75 Å². The number of carbonyl (C=O) groups excluding carboxylic acids is 1. The van der Waals surface area contributed by atoms with Crippen molar-refractivity contribution in [2.75, 3.05) is 11.9 Å². The van der Waals surface area contributed by atoms with E-state index in [-0.39, 0.29) is 10.6 Å². The molecule has 3 rings (SSSR count). The van der Waals surface area contributed by atoms with Gasteiger partial charge < -0.3 is 10.1 Å². The number of para-hydroxylation sites is 1. The van der Waals surface area contributed by atoms with E-state index in [1.54, 1.807) is 32.0 Å². The molecule has 0 saturated heterocycles. The van der Waals surface area contributed by atoms with Gasteiger partial charge in [-0.05, 0) is 49.2 Å². The summed E-state index contributed by atoms with van der Waals surface area (Å²) in [6.07, 6.45) is 0. The number of anilines is 1. The number of benzene rings is 3. The summed E-state index contributed by atoms with van der Waals surface area (Å²) in [5.74, 6) is -2.83. The van der Waals surface area contributed by atoms with Gasteiger partial charge in [0.05, 0.1) is 10.6 Å². The predicted octanol–water partition coefficient (Wildman–Crippen LogP) is 4.43. The third-order valence-electron chi connectivity index (χ3n) is 4.42. The van der Waals surface area contributed by atoms with Crippen molar-refractivity contribution in [1.82, 2.24) is 0 Å². The largest absolute Gasteiger partial charge is 0.425 e. The van der Waals surface area contributed by atoms with Crippen molar-refractivity contribution in [3.8, 4) is 5.75 Å². The molecule has 5 nitrogen and oxygen atoms in total. The van der Waals surface area contributed by atoms with E-state index in [1.807, 2.05) is 6.07 Å². The molecule has 0 amide bonds. The number of aryl methyl sites for hydroxylation is 2. The van der Waals surface area contributed by atoms with Gasteiger partial charge in [0, 0.05) is 0 Å². The molecule has 1 N–H and O–H groups in total. The molecule has 30 heavy (non-hydrogen) atoms. The average Bonchev–Trinajstić information content (AvgIpc) is 2.71. The van der Waals surface area contributed by atoms with Crippen LogP contribution in [0.25, 0.3) is 0 Å². The van der Waals surface area contributed by atoms with Gasteiger partial charge in [-0.2, -0.15) is 0 Å². The maximum Gasteiger partial charge on any atom is 0.330 e. The Morgan fingerprint density at radius 3 is 2.20 bits per heavy atom. The molecule has 0 heterocycles. The highest BCUT2D eigenvalue weighted by Gasteiger charge is 2.28. The lowest BCUT2D eigenvalue weighted by Gasteiger charge is -2.13. The van der Waals surface area contributed by atoms with Crippen LogP contribution in [0.4, 0.5) is 14.5 Å². The first-order chi connectivity index (χ1) is 14.2. The smallest absolute Gasteiger partial charge is 0.330 e. The van der Waals surface area contributed by atoms with Crippen LogP contribution in [0.1, 0.15) is 11.1 Å². The molecular weight excluding hydrogens is 412 g/mol. The summed E-state index contributed by atoms with van der Waals surface area (Å²) in [6, 6.07) is 14.2. The van der Waals surface area contributed by atoms with E-state index >= 15 is 0 Å². The molecule has 0 unspecified atom stereocenters. The lowest BCUT2D eigenvalue weighted by atomic mass is 10.1. The highest BCUT2D eigenvalue weighted by atomic mass is 32.2. The third kappa shape index (κ3) is 4.33. The zero-order chi connectivity index (χ0) is 21.9. The van der Waals surface area contributed by atoms with Crippen molar-refractivity contribution < 1.29 is 26.7 Å². The van der Waals surface area contributed by atoms with Crippen LogP contribution in [0, 0.1) is 25.5 Å². The molecule has 0 bridgehead atoms. The lowest BCUT2D eigenvalue weighted by Crippen LogP contribution is -2.21. The number of rotatable bonds is 6. The summed E-state index contributed by atoms with van der Waals surface area (Å²) in [7, 11) is -4.43. The average molecular weight is 431 g/mol. The molecule has 3 aromatic carbocycles. The first kappa shape index (κ1) is 21.4. The van der Waals surface area contributed by atoms with E-state index in [2.05, 4.69) is 5.32 Å². The molecule has 0 fully saturated rings. The topological polar surface area (TPSA) is 72.5 Å². The van der Waals surface area contributed by atoms with Crippen molar-refractivity contribution in [3.05, 3.63) is 83.4 Å². The molecule has 0 spiro atoms. The Kier molecular flexibility index (Phi) is 6.17. The summed E-state index contributed by atoms with van der Waals surface area (Å²) in [5.41, 5.74) is 1.18. The normalized spacial score (nSPS) is 11.2. The number of carbonyl (C=O) groups is 1. The fourth-order valence-corrected chi connectivity index (χ4v) is 4.33. The first-order valence-corrected chi connectivity index (χ1v) is 10.5. The Bertz CT molecular complexity index is 1180. The van der Waals surface area contributed by atoms with E-state index in [1.165, 1.54) is 24.3 Å². The van der Waals surface area contributed by atoms with E-state index in [4.69, 9.17) is 4.74 Å². The van der Waals surface area contributed by atoms with Gasteiger partial charge in [-0.1, -0.05) is 36.4 Å². The summed E-state index contributed by atoms with van der Waals surface area (Å²) < 4.78 is 59.8. The lowest BCUT2D eigenvalue weighted by molar-refractivity contribution is -0.132. The van der Waals surface area contributed by atoms with Crippen LogP contribution in [-0.2, 0) is 14.6 Å². The monoisotopic (exact) mass is 431 g/mol. The summed E-state index contributed by atoms with van der Waals surface area (Å²) >= 11 is 0. The molecule has 8 heteroatoms. The number of hydrogen-bond acceptors (Lipinski definition) is 5. The second kappa shape index (κ2) is 8.62. The van der Waals surface area contributed by atoms with E-state index < -0.39 is 38.9 Å². The van der Waals surface area contributed by atoms with E-state index in [0.29, 0.717) is 5.75 Å². The molecule has 0 aliphatic heterocycles. The molecule has 0 aromatic heterocycles. The molecule has 156 valence electrons. The quantitative estimate of drug-likeness (QED) is 0.462. The first-order valence-electron chi connectivity index (χ1n) is 9.00. The standard InChI is InChI=1S/C22H19F2NO4S/c1-14-7-6-8-15(2)21(14)29-19(26)13-25-18-12-11-17(23)22(20(18)24)30(27,28)16-9-4-3-5-10-16/h3-12,25H,13H2,1-2H3. The fraction of sp³-hybridized carbons (Fsp3) is 0.136. The van der Waals surface area contributed by atoms with Crippen LogP contribution in [0.2, 0.25) is 0 Å². The molecule has 3 aromatic rings. The predicted molar refractivity (Wildman–Crippen MR) is 108 cm³/mol. The zero-order valence-corrected chi connectivity index (χ0v) is 17.1. The summed E-state index contributed by atoms with van der Waals surface area (Å²) in [6.45, 7) is 3.12. The second-order valence-corrected chi connectivity index (χ2v) is 8.49. The highest BCUT2D eigenvalue weighted by molar-refractivity contribution is 7.91. The molecule has 0 atom stereocenters. The SMILES string of the molecule is Cc1cccc(C)c1OC(=O)CNc1ccc(F)c(S(=O)(=O)c2ccccc2)c1F. The minimum Gasteiger partial charge on any atom is -0.425 e. The minimum atomic E-state index is -4.43. The maximum atomic E-state index is 14.9. The number of ether oxygens (including phenoxy) is 1. The number of sulfone groups is 1. The molecule has 0 aliphatic carbocycles. The molecule has 0 saturated carbocycles. The van der Waals surface area contributed by atoms with Crippen LogP contribution in [0.3, 0.4) is 0 Å². The minimum absolute atomic E-state index is 0.241. The second-order valence-electron chi connectivity index (χ2n) is 6.60. The van der Waals surface area contributed by atoms with E-state index in [9.17, 15) is 22.0 Å². The zero-order valence-electron chi connectivity index (χ0n) is 16.3. The number of hydrogen-bond donors (Lipinski definition) is 1. The van der Waals surface area contributed by atoms with Crippen LogP contribution < -0.4 is 10.1 Å². The Balaban J connectivity index is 1.83. The van der Waals surface area contributed by atoms with Gasteiger partial charge in [0.25, 0.3) is 0 Å². The highest BCUT2D eigenvalue weighted by Crippen LogP contribution is 2.30. The Morgan fingerprint density at radius 2 is 1.57 bits per heavy atom. The molecule has 0 aliphatic rings. The maximum absolute atomic E-state index is 14.9. The van der Waals surface area contributed by atoms with Crippen LogP contribution in [0.15, 0.2) is 70.5 Å². The summed E-state index contributed by atoms with van der Waals surface area (Å²) in [4.78, 5) is 10.8. The number of nitrogens with one attached hydrogen (secondary N) is 1. The Morgan fingerprint density at radius 1 is 0.933 bits per heavy atom. The number of esters is 1. The molecule has 0 radical (unpaired) electrons. The van der Waals surface area contributed by atoms with Gasteiger partial charge in [-0.3, -0.25) is 0 Å². The molecular formula is C22H19F2NO4S. The van der Waals surface area contributed by atoms with Gasteiger partial charge in [0.1, 0.15) is 23.0 Å². The van der Waals surface area contributed by atoms with Crippen molar-refractivity contribution in [2.24, 2.45) is 0 Å². The van der Waals surface area contributed by atoms with Crippen LogP contribution in [-0.4, -0.2) is 20.9 Å². The summed E-state index contributed by atoms with van der Waals surface area (Å²) in [5, 5.41) is 2.48. The van der Waals surface area contributed by atoms with Crippen molar-refractivity contribution >= 4 is 21.5 Å². The van der Waals surface area contributed by atoms with E-state index in [0.717, 1.165) is 23.3 Å². The van der Waals surface area contributed by atoms with Gasteiger partial charge >= 0.3 is 5.97 Å². The van der Waals surface area contributed by atoms with Crippen LogP contribution >= 0.6 is 0 Å². The fourth-order valence-electron chi connectivity index (χ4n) is 2.91. The van der Waals surface area contributed by atoms with Gasteiger partial charge in [-0.25, -0.2) is 22.0 Å². The number of halogens is 2.